The summed E-state index contributed by atoms with van der Waals surface area (Å²) in [6, 6.07) is 0. The molecule has 14 heavy (non-hydrogen) atoms. The Morgan fingerprint density at radius 1 is 1.43 bits per heavy atom. The van der Waals surface area contributed by atoms with E-state index >= 15 is 0 Å². The van der Waals surface area contributed by atoms with Crippen molar-refractivity contribution in [2.75, 3.05) is 26.2 Å². The van der Waals surface area contributed by atoms with Gasteiger partial charge in [0, 0.05) is 31.7 Å². The summed E-state index contributed by atoms with van der Waals surface area (Å²) in [4.78, 5) is 2.56. The Bertz CT molecular complexity index is 173. The van der Waals surface area contributed by atoms with Crippen LogP contribution in [0.4, 0.5) is 0 Å². The minimum Gasteiger partial charge on any atom is -0.309 e. The van der Waals surface area contributed by atoms with Crippen LogP contribution in [0, 0.1) is 0 Å². The highest BCUT2D eigenvalue weighted by Gasteiger charge is 2.30. The van der Waals surface area contributed by atoms with E-state index in [1.807, 2.05) is 6.08 Å². The van der Waals surface area contributed by atoms with Gasteiger partial charge in [0.05, 0.1) is 0 Å². The van der Waals surface area contributed by atoms with Crippen molar-refractivity contribution in [2.24, 2.45) is 0 Å². The number of nitrogens with zero attached hydrogens (tertiary/aromatic N) is 1. The number of piperazine rings is 1. The molecule has 0 saturated carbocycles. The Balaban J connectivity index is 2.45. The molecule has 0 spiro atoms. The molecule has 0 unspecified atom stereocenters. The Morgan fingerprint density at radius 3 is 2.71 bits per heavy atom. The molecule has 1 aliphatic heterocycles. The number of hydrogen-bond acceptors (Lipinski definition) is 2. The maximum absolute atomic E-state index is 3.78. The third kappa shape index (κ3) is 2.82. The van der Waals surface area contributed by atoms with Gasteiger partial charge in [0.25, 0.3) is 0 Å². The van der Waals surface area contributed by atoms with Gasteiger partial charge >= 0.3 is 0 Å². The van der Waals surface area contributed by atoms with E-state index < -0.39 is 0 Å². The third-order valence-corrected chi connectivity index (χ3v) is 3.46. The molecule has 0 aliphatic carbocycles. The Labute approximate surface area is 88.4 Å². The summed E-state index contributed by atoms with van der Waals surface area (Å²) in [5.74, 6) is 0. The fraction of sp³-hybridized carbons (Fsp3) is 0.833. The normalized spacial score (nSPS) is 22.1. The minimum absolute atomic E-state index is 0.374. The van der Waals surface area contributed by atoms with Gasteiger partial charge in [-0.15, -0.1) is 6.58 Å². The van der Waals surface area contributed by atoms with Crippen LogP contribution in [0.5, 0.6) is 0 Å². The van der Waals surface area contributed by atoms with Gasteiger partial charge in [-0.05, 0) is 19.3 Å². The zero-order valence-electron chi connectivity index (χ0n) is 9.68. The van der Waals surface area contributed by atoms with Crippen molar-refractivity contribution in [3.8, 4) is 0 Å². The van der Waals surface area contributed by atoms with E-state index in [0.29, 0.717) is 5.54 Å². The van der Waals surface area contributed by atoms with Crippen molar-refractivity contribution < 1.29 is 0 Å². The molecule has 1 rings (SSSR count). The summed E-state index contributed by atoms with van der Waals surface area (Å²) in [6.07, 6.45) is 5.59. The topological polar surface area (TPSA) is 15.3 Å². The molecular weight excluding hydrogens is 172 g/mol. The average molecular weight is 196 g/mol. The van der Waals surface area contributed by atoms with Gasteiger partial charge < -0.3 is 5.32 Å². The predicted octanol–water partition coefficient (Wildman–Crippen LogP) is 2.03. The van der Waals surface area contributed by atoms with Crippen molar-refractivity contribution in [3.05, 3.63) is 12.7 Å². The quantitative estimate of drug-likeness (QED) is 0.677. The van der Waals surface area contributed by atoms with Gasteiger partial charge in [-0.3, -0.25) is 4.90 Å². The minimum atomic E-state index is 0.374. The molecule has 1 heterocycles. The van der Waals surface area contributed by atoms with Gasteiger partial charge in [0.1, 0.15) is 0 Å². The number of rotatable bonds is 5. The van der Waals surface area contributed by atoms with E-state index in [-0.39, 0.29) is 0 Å². The summed E-state index contributed by atoms with van der Waals surface area (Å²) in [5, 5.41) is 3.67. The van der Waals surface area contributed by atoms with Crippen LogP contribution in [0.1, 0.15) is 33.1 Å². The second-order valence-corrected chi connectivity index (χ2v) is 4.27. The summed E-state index contributed by atoms with van der Waals surface area (Å²) >= 11 is 0. The van der Waals surface area contributed by atoms with Crippen molar-refractivity contribution in [1.82, 2.24) is 10.2 Å². The van der Waals surface area contributed by atoms with Crippen LogP contribution in [-0.2, 0) is 0 Å². The largest absolute Gasteiger partial charge is 0.309 e. The first kappa shape index (κ1) is 11.7. The second kappa shape index (κ2) is 5.52. The Hall–Kier alpha value is -0.340. The Kier molecular flexibility index (Phi) is 4.63. The zero-order chi connectivity index (χ0) is 10.4. The summed E-state index contributed by atoms with van der Waals surface area (Å²) in [7, 11) is 0. The molecule has 0 aromatic carbocycles. The lowest BCUT2D eigenvalue weighted by molar-refractivity contribution is 0.126. The summed E-state index contributed by atoms with van der Waals surface area (Å²) in [6.45, 7) is 13.1. The van der Waals surface area contributed by atoms with Crippen LogP contribution in [0.25, 0.3) is 0 Å². The SMILES string of the molecule is C=CCCN1CCNC(CC)(CC)C1. The van der Waals surface area contributed by atoms with Crippen LogP contribution >= 0.6 is 0 Å². The van der Waals surface area contributed by atoms with Gasteiger partial charge in [0.2, 0.25) is 0 Å². The highest BCUT2D eigenvalue weighted by Crippen LogP contribution is 2.19. The monoisotopic (exact) mass is 196 g/mol. The van der Waals surface area contributed by atoms with Gasteiger partial charge in [0.15, 0.2) is 0 Å². The van der Waals surface area contributed by atoms with Crippen LogP contribution in [-0.4, -0.2) is 36.6 Å². The molecule has 1 aliphatic rings. The highest BCUT2D eigenvalue weighted by atomic mass is 15.2. The molecule has 0 bridgehead atoms. The van der Waals surface area contributed by atoms with E-state index in [0.717, 1.165) is 13.0 Å². The highest BCUT2D eigenvalue weighted by molar-refractivity contribution is 4.93. The fourth-order valence-electron chi connectivity index (χ4n) is 2.23. The van der Waals surface area contributed by atoms with Gasteiger partial charge in [-0.2, -0.15) is 0 Å². The second-order valence-electron chi connectivity index (χ2n) is 4.27. The molecule has 0 aromatic heterocycles. The zero-order valence-corrected chi connectivity index (χ0v) is 9.68. The lowest BCUT2D eigenvalue weighted by atomic mass is 9.90. The molecule has 0 amide bonds. The maximum atomic E-state index is 3.78. The summed E-state index contributed by atoms with van der Waals surface area (Å²) < 4.78 is 0. The fourth-order valence-corrected chi connectivity index (χ4v) is 2.23. The van der Waals surface area contributed by atoms with E-state index in [1.54, 1.807) is 0 Å². The Morgan fingerprint density at radius 2 is 2.14 bits per heavy atom. The molecule has 2 nitrogen and oxygen atoms in total. The standard InChI is InChI=1S/C12H24N2/c1-4-7-9-14-10-8-13-12(5-2,6-3)11-14/h4,13H,1,5-11H2,2-3H3. The van der Waals surface area contributed by atoms with Crippen LogP contribution in [0.15, 0.2) is 12.7 Å². The molecule has 0 aromatic rings. The first-order valence-electron chi connectivity index (χ1n) is 5.84. The molecule has 1 saturated heterocycles. The van der Waals surface area contributed by atoms with Crippen molar-refractivity contribution in [3.63, 3.8) is 0 Å². The van der Waals surface area contributed by atoms with E-state index in [1.165, 1.54) is 32.5 Å². The molecule has 0 radical (unpaired) electrons. The molecule has 1 N–H and O–H groups in total. The van der Waals surface area contributed by atoms with Crippen LogP contribution in [0.2, 0.25) is 0 Å². The average Bonchev–Trinajstić information content (AvgIpc) is 2.26. The lowest BCUT2D eigenvalue weighted by Gasteiger charge is -2.43. The third-order valence-electron chi connectivity index (χ3n) is 3.46. The molecule has 1 fully saturated rings. The van der Waals surface area contributed by atoms with Crippen molar-refractivity contribution in [2.45, 2.75) is 38.6 Å². The smallest absolute Gasteiger partial charge is 0.0304 e. The number of hydrogen-bond donors (Lipinski definition) is 1. The van der Waals surface area contributed by atoms with Crippen molar-refractivity contribution >= 4 is 0 Å². The van der Waals surface area contributed by atoms with E-state index in [2.05, 4.69) is 30.6 Å². The van der Waals surface area contributed by atoms with Crippen LogP contribution < -0.4 is 5.32 Å². The molecule has 2 heteroatoms. The van der Waals surface area contributed by atoms with Crippen LogP contribution in [0.3, 0.4) is 0 Å². The van der Waals surface area contributed by atoms with Crippen molar-refractivity contribution in [1.29, 1.82) is 0 Å². The molecule has 0 atom stereocenters. The summed E-state index contributed by atoms with van der Waals surface area (Å²) in [5.41, 5.74) is 0.374. The number of nitrogens with one attached hydrogen (secondary N) is 1. The first-order valence-corrected chi connectivity index (χ1v) is 5.84. The first-order chi connectivity index (χ1) is 6.76. The van der Waals surface area contributed by atoms with Gasteiger partial charge in [-0.1, -0.05) is 19.9 Å². The lowest BCUT2D eigenvalue weighted by Crippen LogP contribution is -2.59. The predicted molar refractivity (Wildman–Crippen MR) is 62.6 cm³/mol. The van der Waals surface area contributed by atoms with E-state index in [9.17, 15) is 0 Å². The molecular formula is C12H24N2. The molecule has 82 valence electrons. The van der Waals surface area contributed by atoms with E-state index in [4.69, 9.17) is 0 Å². The van der Waals surface area contributed by atoms with Gasteiger partial charge in [-0.25, -0.2) is 0 Å². The maximum Gasteiger partial charge on any atom is 0.0304 e.